The molecule has 0 fully saturated rings. The Kier molecular flexibility index (Phi) is 6.00. The molecule has 0 bridgehead atoms. The van der Waals surface area contributed by atoms with Gasteiger partial charge in [0.2, 0.25) is 0 Å². The van der Waals surface area contributed by atoms with Crippen molar-refractivity contribution in [2.45, 2.75) is 39.5 Å². The second-order valence-electron chi connectivity index (χ2n) is 6.80. The van der Waals surface area contributed by atoms with Gasteiger partial charge in [-0.2, -0.15) is 0 Å². The first-order valence-electron chi connectivity index (χ1n) is 9.41. The van der Waals surface area contributed by atoms with Gasteiger partial charge in [-0.25, -0.2) is 13.2 Å². The van der Waals surface area contributed by atoms with Crippen LogP contribution in [-0.4, -0.2) is 0 Å². The van der Waals surface area contributed by atoms with Gasteiger partial charge >= 0.3 is 0 Å². The molecule has 27 heavy (non-hydrogen) atoms. The van der Waals surface area contributed by atoms with Gasteiger partial charge in [0, 0.05) is 16.5 Å². The van der Waals surface area contributed by atoms with Gasteiger partial charge < -0.3 is 0 Å². The number of fused-ring (bicyclic) bond motifs is 1. The zero-order valence-electron chi connectivity index (χ0n) is 15.7. The van der Waals surface area contributed by atoms with E-state index in [-0.39, 0.29) is 16.9 Å². The van der Waals surface area contributed by atoms with E-state index < -0.39 is 11.7 Å². The Morgan fingerprint density at radius 2 is 1.37 bits per heavy atom. The standard InChI is InChI=1S/C24H23F3/c1-3-5-16-7-9-18(10-8-16)23(26)24(27)20-13-14-21-19(15-20)12-11-17(6-4-2)22(21)25/h7-15H,3-6H2,1-2H3. The predicted molar refractivity (Wildman–Crippen MR) is 107 cm³/mol. The van der Waals surface area contributed by atoms with Crippen LogP contribution in [0.5, 0.6) is 0 Å². The topological polar surface area (TPSA) is 0 Å². The van der Waals surface area contributed by atoms with Crippen molar-refractivity contribution in [2.24, 2.45) is 0 Å². The van der Waals surface area contributed by atoms with Crippen LogP contribution in [0.25, 0.3) is 22.4 Å². The number of aryl methyl sites for hydroxylation is 2. The van der Waals surface area contributed by atoms with Crippen LogP contribution in [0.1, 0.15) is 48.9 Å². The maximum Gasteiger partial charge on any atom is 0.166 e. The largest absolute Gasteiger partial charge is 0.206 e. The molecule has 0 atom stereocenters. The molecule has 3 aromatic rings. The fourth-order valence-electron chi connectivity index (χ4n) is 3.30. The van der Waals surface area contributed by atoms with Crippen LogP contribution in [0.3, 0.4) is 0 Å². The minimum atomic E-state index is -0.932. The van der Waals surface area contributed by atoms with Crippen molar-refractivity contribution in [3.05, 3.63) is 82.7 Å². The van der Waals surface area contributed by atoms with Crippen LogP contribution in [-0.2, 0) is 12.8 Å². The van der Waals surface area contributed by atoms with Crippen molar-refractivity contribution in [1.29, 1.82) is 0 Å². The number of halogens is 3. The smallest absolute Gasteiger partial charge is 0.166 e. The van der Waals surface area contributed by atoms with E-state index in [0.717, 1.165) is 24.8 Å². The Balaban J connectivity index is 1.97. The molecule has 0 radical (unpaired) electrons. The molecule has 0 N–H and O–H groups in total. The van der Waals surface area contributed by atoms with Crippen molar-refractivity contribution in [3.8, 4) is 0 Å². The van der Waals surface area contributed by atoms with E-state index in [1.165, 1.54) is 18.2 Å². The fraction of sp³-hybridized carbons (Fsp3) is 0.250. The fourth-order valence-corrected chi connectivity index (χ4v) is 3.30. The molecule has 140 valence electrons. The van der Waals surface area contributed by atoms with Crippen LogP contribution in [0, 0.1) is 5.82 Å². The van der Waals surface area contributed by atoms with Crippen LogP contribution >= 0.6 is 0 Å². The summed E-state index contributed by atoms with van der Waals surface area (Å²) in [6.07, 6.45) is 3.41. The lowest BCUT2D eigenvalue weighted by atomic mass is 10.00. The summed E-state index contributed by atoms with van der Waals surface area (Å²) in [5.41, 5.74) is 2.06. The molecule has 0 unspecified atom stereocenters. The lowest BCUT2D eigenvalue weighted by Gasteiger charge is -2.08. The number of benzene rings is 3. The molecule has 3 rings (SSSR count). The first-order chi connectivity index (χ1) is 13.0. The molecule has 0 nitrogen and oxygen atoms in total. The first kappa shape index (κ1) is 19.2. The van der Waals surface area contributed by atoms with Gasteiger partial charge in [0.15, 0.2) is 11.7 Å². The van der Waals surface area contributed by atoms with Crippen LogP contribution < -0.4 is 0 Å². The average molecular weight is 368 g/mol. The van der Waals surface area contributed by atoms with Gasteiger partial charge in [-0.05, 0) is 35.4 Å². The zero-order valence-corrected chi connectivity index (χ0v) is 15.7. The molecule has 0 saturated heterocycles. The third-order valence-corrected chi connectivity index (χ3v) is 4.75. The summed E-state index contributed by atoms with van der Waals surface area (Å²) < 4.78 is 43.8. The molecule has 0 aliphatic heterocycles. The third-order valence-electron chi connectivity index (χ3n) is 4.75. The van der Waals surface area contributed by atoms with Crippen molar-refractivity contribution in [2.75, 3.05) is 0 Å². The highest BCUT2D eigenvalue weighted by Crippen LogP contribution is 2.32. The first-order valence-corrected chi connectivity index (χ1v) is 9.41. The molecular weight excluding hydrogens is 345 g/mol. The highest BCUT2D eigenvalue weighted by atomic mass is 19.2. The van der Waals surface area contributed by atoms with E-state index in [9.17, 15) is 13.2 Å². The van der Waals surface area contributed by atoms with E-state index in [4.69, 9.17) is 0 Å². The Morgan fingerprint density at radius 1 is 0.741 bits per heavy atom. The highest BCUT2D eigenvalue weighted by Gasteiger charge is 2.14. The number of hydrogen-bond donors (Lipinski definition) is 0. The summed E-state index contributed by atoms with van der Waals surface area (Å²) in [7, 11) is 0. The minimum Gasteiger partial charge on any atom is -0.206 e. The number of hydrogen-bond acceptors (Lipinski definition) is 0. The monoisotopic (exact) mass is 368 g/mol. The van der Waals surface area contributed by atoms with Crippen molar-refractivity contribution >= 4 is 22.4 Å². The average Bonchev–Trinajstić information content (AvgIpc) is 2.70. The quantitative estimate of drug-likeness (QED) is 0.392. The molecule has 0 aromatic heterocycles. The van der Waals surface area contributed by atoms with Crippen molar-refractivity contribution in [3.63, 3.8) is 0 Å². The Morgan fingerprint density at radius 3 is 2.04 bits per heavy atom. The molecule has 3 heteroatoms. The highest BCUT2D eigenvalue weighted by molar-refractivity contribution is 5.90. The molecule has 0 amide bonds. The molecule has 0 saturated carbocycles. The molecular formula is C24H23F3. The van der Waals surface area contributed by atoms with E-state index >= 15 is 0 Å². The summed E-state index contributed by atoms with van der Waals surface area (Å²) >= 11 is 0. The van der Waals surface area contributed by atoms with E-state index in [1.807, 2.05) is 19.1 Å². The van der Waals surface area contributed by atoms with Gasteiger partial charge in [0.05, 0.1) is 0 Å². The molecule has 3 aromatic carbocycles. The molecule has 0 aliphatic carbocycles. The number of rotatable bonds is 6. The van der Waals surface area contributed by atoms with Crippen LogP contribution in [0.4, 0.5) is 13.2 Å². The Labute approximate surface area is 158 Å². The lowest BCUT2D eigenvalue weighted by molar-refractivity contribution is 0.619. The molecule has 0 spiro atoms. The van der Waals surface area contributed by atoms with Crippen LogP contribution in [0.15, 0.2) is 54.6 Å². The second-order valence-corrected chi connectivity index (χ2v) is 6.80. The summed E-state index contributed by atoms with van der Waals surface area (Å²) in [6, 6.07) is 14.8. The Hall–Kier alpha value is -2.55. The Bertz CT molecular complexity index is 969. The van der Waals surface area contributed by atoms with Gasteiger partial charge in [0.1, 0.15) is 5.82 Å². The van der Waals surface area contributed by atoms with E-state index in [1.54, 1.807) is 24.3 Å². The van der Waals surface area contributed by atoms with Crippen LogP contribution in [0.2, 0.25) is 0 Å². The van der Waals surface area contributed by atoms with E-state index in [2.05, 4.69) is 6.92 Å². The van der Waals surface area contributed by atoms with Crippen molar-refractivity contribution in [1.82, 2.24) is 0 Å². The van der Waals surface area contributed by atoms with Gasteiger partial charge in [-0.15, -0.1) is 0 Å². The minimum absolute atomic E-state index is 0.111. The predicted octanol–water partition coefficient (Wildman–Crippen LogP) is 7.65. The molecule has 0 aliphatic rings. The SMILES string of the molecule is CCCc1ccc(C(F)=C(F)c2ccc3c(F)c(CCC)ccc3c2)cc1. The van der Waals surface area contributed by atoms with Gasteiger partial charge in [-0.1, -0.05) is 75.2 Å². The maximum absolute atomic E-state index is 14.7. The van der Waals surface area contributed by atoms with E-state index in [0.29, 0.717) is 22.8 Å². The summed E-state index contributed by atoms with van der Waals surface area (Å²) in [4.78, 5) is 0. The summed E-state index contributed by atoms with van der Waals surface area (Å²) in [6.45, 7) is 4.06. The summed E-state index contributed by atoms with van der Waals surface area (Å²) in [5.74, 6) is -2.11. The van der Waals surface area contributed by atoms with Crippen molar-refractivity contribution < 1.29 is 13.2 Å². The maximum atomic E-state index is 14.7. The second kappa shape index (κ2) is 8.43. The lowest BCUT2D eigenvalue weighted by Crippen LogP contribution is -1.92. The summed E-state index contributed by atoms with van der Waals surface area (Å²) in [5, 5.41) is 0.993. The zero-order chi connectivity index (χ0) is 19.4. The molecule has 0 heterocycles. The van der Waals surface area contributed by atoms with Gasteiger partial charge in [-0.3, -0.25) is 0 Å². The third kappa shape index (κ3) is 4.08. The normalized spacial score (nSPS) is 12.3. The van der Waals surface area contributed by atoms with Gasteiger partial charge in [0.25, 0.3) is 0 Å².